The molecule has 1 amide bonds. The predicted octanol–water partition coefficient (Wildman–Crippen LogP) is 1.99. The number of thioether (sulfide) groups is 1. The normalized spacial score (nSPS) is 10.9. The highest BCUT2D eigenvalue weighted by Gasteiger charge is 2.21. The molecule has 1 aromatic heterocycles. The van der Waals surface area contributed by atoms with Crippen molar-refractivity contribution in [3.63, 3.8) is 0 Å². The first-order valence-electron chi connectivity index (χ1n) is 5.59. The summed E-state index contributed by atoms with van der Waals surface area (Å²) in [4.78, 5) is 13.7. The first-order chi connectivity index (χ1) is 8.10. The molecule has 0 atom stereocenters. The predicted molar refractivity (Wildman–Crippen MR) is 69.2 cm³/mol. The SMILES string of the molecule is CSCc1ccc(C(=O)N(CCO)C(C)C)o1. The maximum atomic E-state index is 12.1. The molecule has 0 unspecified atom stereocenters. The third-order valence-corrected chi connectivity index (χ3v) is 2.96. The topological polar surface area (TPSA) is 53.7 Å². The van der Waals surface area contributed by atoms with Crippen LogP contribution in [0.15, 0.2) is 16.5 Å². The molecule has 0 saturated carbocycles. The van der Waals surface area contributed by atoms with E-state index < -0.39 is 0 Å². The fourth-order valence-electron chi connectivity index (χ4n) is 1.56. The van der Waals surface area contributed by atoms with Gasteiger partial charge in [-0.2, -0.15) is 11.8 Å². The Morgan fingerprint density at radius 2 is 2.24 bits per heavy atom. The van der Waals surface area contributed by atoms with Crippen LogP contribution in [0.5, 0.6) is 0 Å². The van der Waals surface area contributed by atoms with Crippen molar-refractivity contribution in [2.75, 3.05) is 19.4 Å². The zero-order chi connectivity index (χ0) is 12.8. The number of aliphatic hydroxyl groups is 1. The second kappa shape index (κ2) is 6.71. The Morgan fingerprint density at radius 3 is 2.76 bits per heavy atom. The summed E-state index contributed by atoms with van der Waals surface area (Å²) >= 11 is 1.65. The van der Waals surface area contributed by atoms with E-state index in [9.17, 15) is 4.79 Å². The molecule has 0 spiro atoms. The first kappa shape index (κ1) is 14.1. The van der Waals surface area contributed by atoms with Crippen molar-refractivity contribution in [2.24, 2.45) is 0 Å². The Bertz CT molecular complexity index is 362. The zero-order valence-corrected chi connectivity index (χ0v) is 11.3. The molecule has 0 bridgehead atoms. The van der Waals surface area contributed by atoms with Gasteiger partial charge in [0.2, 0.25) is 0 Å². The van der Waals surface area contributed by atoms with Gasteiger partial charge in [0.1, 0.15) is 5.76 Å². The summed E-state index contributed by atoms with van der Waals surface area (Å²) < 4.78 is 5.47. The third-order valence-electron chi connectivity index (χ3n) is 2.38. The number of furan rings is 1. The molecule has 17 heavy (non-hydrogen) atoms. The maximum absolute atomic E-state index is 12.1. The molecule has 0 radical (unpaired) electrons. The van der Waals surface area contributed by atoms with E-state index in [-0.39, 0.29) is 18.6 Å². The van der Waals surface area contributed by atoms with Crippen molar-refractivity contribution in [3.05, 3.63) is 23.7 Å². The molecule has 1 heterocycles. The van der Waals surface area contributed by atoms with E-state index in [1.54, 1.807) is 22.7 Å². The monoisotopic (exact) mass is 257 g/mol. The van der Waals surface area contributed by atoms with Gasteiger partial charge >= 0.3 is 0 Å². The van der Waals surface area contributed by atoms with Crippen molar-refractivity contribution < 1.29 is 14.3 Å². The van der Waals surface area contributed by atoms with Crippen LogP contribution in [-0.4, -0.2) is 41.4 Å². The van der Waals surface area contributed by atoms with E-state index in [1.807, 2.05) is 26.2 Å². The lowest BCUT2D eigenvalue weighted by Crippen LogP contribution is -2.38. The molecule has 0 aromatic carbocycles. The van der Waals surface area contributed by atoms with Crippen LogP contribution in [0.4, 0.5) is 0 Å². The summed E-state index contributed by atoms with van der Waals surface area (Å²) in [5.41, 5.74) is 0. The summed E-state index contributed by atoms with van der Waals surface area (Å²) in [7, 11) is 0. The minimum Gasteiger partial charge on any atom is -0.455 e. The van der Waals surface area contributed by atoms with Crippen LogP contribution in [0.2, 0.25) is 0 Å². The first-order valence-corrected chi connectivity index (χ1v) is 6.99. The van der Waals surface area contributed by atoms with Crippen LogP contribution in [0.3, 0.4) is 0 Å². The highest BCUT2D eigenvalue weighted by molar-refractivity contribution is 7.97. The van der Waals surface area contributed by atoms with Gasteiger partial charge in [0.15, 0.2) is 5.76 Å². The largest absolute Gasteiger partial charge is 0.455 e. The zero-order valence-electron chi connectivity index (χ0n) is 10.5. The quantitative estimate of drug-likeness (QED) is 0.846. The van der Waals surface area contributed by atoms with Gasteiger partial charge in [0.05, 0.1) is 12.4 Å². The van der Waals surface area contributed by atoms with Gasteiger partial charge in [-0.05, 0) is 32.2 Å². The van der Waals surface area contributed by atoms with E-state index in [2.05, 4.69) is 0 Å². The van der Waals surface area contributed by atoms with Gasteiger partial charge < -0.3 is 14.4 Å². The summed E-state index contributed by atoms with van der Waals surface area (Å²) in [6.07, 6.45) is 1.98. The molecule has 1 rings (SSSR count). The molecular formula is C12H19NO3S. The van der Waals surface area contributed by atoms with Gasteiger partial charge in [0.25, 0.3) is 5.91 Å². The standard InChI is InChI=1S/C12H19NO3S/c1-9(2)13(6-7-14)12(15)11-5-4-10(16-11)8-17-3/h4-5,9,14H,6-8H2,1-3H3. The number of carbonyl (C=O) groups is 1. The lowest BCUT2D eigenvalue weighted by atomic mass is 10.3. The highest BCUT2D eigenvalue weighted by atomic mass is 32.2. The van der Waals surface area contributed by atoms with Crippen molar-refractivity contribution >= 4 is 17.7 Å². The van der Waals surface area contributed by atoms with Crippen molar-refractivity contribution in [1.82, 2.24) is 4.90 Å². The molecule has 0 fully saturated rings. The van der Waals surface area contributed by atoms with Crippen LogP contribution in [0, 0.1) is 0 Å². The number of aliphatic hydroxyl groups excluding tert-OH is 1. The van der Waals surface area contributed by atoms with Gasteiger partial charge in [-0.3, -0.25) is 4.79 Å². The summed E-state index contributed by atoms with van der Waals surface area (Å²) in [5, 5.41) is 8.94. The fraction of sp³-hybridized carbons (Fsp3) is 0.583. The number of hydrogen-bond acceptors (Lipinski definition) is 4. The molecule has 0 aliphatic heterocycles. The van der Waals surface area contributed by atoms with E-state index in [4.69, 9.17) is 9.52 Å². The van der Waals surface area contributed by atoms with Crippen LogP contribution in [-0.2, 0) is 5.75 Å². The molecule has 1 aromatic rings. The molecule has 1 N–H and O–H groups in total. The van der Waals surface area contributed by atoms with Gasteiger partial charge in [-0.15, -0.1) is 0 Å². The summed E-state index contributed by atoms with van der Waals surface area (Å²) in [5.74, 6) is 1.74. The Morgan fingerprint density at radius 1 is 1.53 bits per heavy atom. The highest BCUT2D eigenvalue weighted by Crippen LogP contribution is 2.16. The average Bonchev–Trinajstić information content (AvgIpc) is 2.73. The van der Waals surface area contributed by atoms with E-state index in [1.165, 1.54) is 0 Å². The number of rotatable bonds is 6. The number of nitrogens with zero attached hydrogens (tertiary/aromatic N) is 1. The van der Waals surface area contributed by atoms with Gasteiger partial charge in [0, 0.05) is 12.6 Å². The van der Waals surface area contributed by atoms with E-state index in [0.29, 0.717) is 12.3 Å². The molecular weight excluding hydrogens is 238 g/mol. The molecule has 0 aliphatic rings. The lowest BCUT2D eigenvalue weighted by molar-refractivity contribution is 0.0632. The summed E-state index contributed by atoms with van der Waals surface area (Å²) in [6, 6.07) is 3.56. The second-order valence-electron chi connectivity index (χ2n) is 4.01. The van der Waals surface area contributed by atoms with Gasteiger partial charge in [-0.1, -0.05) is 0 Å². The molecule has 4 nitrogen and oxygen atoms in total. The van der Waals surface area contributed by atoms with Crippen molar-refractivity contribution in [1.29, 1.82) is 0 Å². The van der Waals surface area contributed by atoms with Crippen molar-refractivity contribution in [3.8, 4) is 0 Å². The number of hydrogen-bond donors (Lipinski definition) is 1. The fourth-order valence-corrected chi connectivity index (χ4v) is 2.00. The minimum absolute atomic E-state index is 0.0394. The lowest BCUT2D eigenvalue weighted by Gasteiger charge is -2.24. The van der Waals surface area contributed by atoms with Crippen LogP contribution in [0.25, 0.3) is 0 Å². The summed E-state index contributed by atoms with van der Waals surface area (Å²) in [6.45, 7) is 4.12. The molecule has 5 heteroatoms. The van der Waals surface area contributed by atoms with Crippen LogP contribution >= 0.6 is 11.8 Å². The minimum atomic E-state index is -0.165. The van der Waals surface area contributed by atoms with Crippen LogP contribution < -0.4 is 0 Å². The Labute approximate surface area is 106 Å². The number of amides is 1. The van der Waals surface area contributed by atoms with Gasteiger partial charge in [-0.25, -0.2) is 0 Å². The van der Waals surface area contributed by atoms with E-state index in [0.717, 1.165) is 11.5 Å². The van der Waals surface area contributed by atoms with Crippen LogP contribution in [0.1, 0.15) is 30.2 Å². The number of carbonyl (C=O) groups excluding carboxylic acids is 1. The Hall–Kier alpha value is -0.940. The maximum Gasteiger partial charge on any atom is 0.289 e. The molecule has 96 valence electrons. The Balaban J connectivity index is 2.78. The average molecular weight is 257 g/mol. The Kier molecular flexibility index (Phi) is 5.58. The third kappa shape index (κ3) is 3.78. The van der Waals surface area contributed by atoms with Crippen molar-refractivity contribution in [2.45, 2.75) is 25.6 Å². The smallest absolute Gasteiger partial charge is 0.289 e. The molecule has 0 aliphatic carbocycles. The second-order valence-corrected chi connectivity index (χ2v) is 4.88. The van der Waals surface area contributed by atoms with E-state index >= 15 is 0 Å². The molecule has 0 saturated heterocycles.